The van der Waals surface area contributed by atoms with E-state index in [-0.39, 0.29) is 5.82 Å². The van der Waals surface area contributed by atoms with Crippen LogP contribution >= 0.6 is 0 Å². The monoisotopic (exact) mass is 313 g/mol. The quantitative estimate of drug-likeness (QED) is 0.750. The summed E-state index contributed by atoms with van der Waals surface area (Å²) in [7, 11) is 0. The van der Waals surface area contributed by atoms with Gasteiger partial charge in [-0.1, -0.05) is 23.4 Å². The number of aromatic nitrogens is 3. The predicted molar refractivity (Wildman–Crippen MR) is 85.0 cm³/mol. The molecule has 0 spiro atoms. The molecule has 3 rings (SSSR count). The lowest BCUT2D eigenvalue weighted by Crippen LogP contribution is -2.07. The summed E-state index contributed by atoms with van der Waals surface area (Å²) in [5.74, 6) is 2.01. The molecule has 2 aromatic heterocycles. The maximum absolute atomic E-state index is 13.6. The smallest absolute Gasteiger partial charge is 0.225 e. The zero-order valence-electron chi connectivity index (χ0n) is 12.8. The Kier molecular flexibility index (Phi) is 4.18. The predicted octanol–water partition coefficient (Wildman–Crippen LogP) is 3.58. The molecule has 3 aromatic rings. The fourth-order valence-corrected chi connectivity index (χ4v) is 2.08. The fraction of sp³-hybridized carbons (Fsp3) is 0.188. The van der Waals surface area contributed by atoms with Crippen LogP contribution in [0.15, 0.2) is 40.9 Å². The van der Waals surface area contributed by atoms with Gasteiger partial charge in [-0.2, -0.15) is 4.98 Å². The summed E-state index contributed by atoms with van der Waals surface area (Å²) in [4.78, 5) is 8.64. The van der Waals surface area contributed by atoms with Crippen LogP contribution in [0.4, 0.5) is 22.0 Å². The first-order chi connectivity index (χ1) is 11.1. The number of halogens is 1. The van der Waals surface area contributed by atoms with Crippen LogP contribution < -0.4 is 10.6 Å². The molecule has 0 fully saturated rings. The number of hydrogen-bond acceptors (Lipinski definition) is 6. The first-order valence-electron chi connectivity index (χ1n) is 7.13. The van der Waals surface area contributed by atoms with E-state index in [1.54, 1.807) is 30.3 Å². The molecular formula is C16H16FN5O. The molecule has 7 heteroatoms. The van der Waals surface area contributed by atoms with Crippen molar-refractivity contribution in [3.63, 3.8) is 0 Å². The van der Waals surface area contributed by atoms with Crippen LogP contribution in [0.25, 0.3) is 0 Å². The summed E-state index contributed by atoms with van der Waals surface area (Å²) in [5.41, 5.74) is 1.33. The van der Waals surface area contributed by atoms with Gasteiger partial charge in [0.05, 0.1) is 0 Å². The molecule has 2 heterocycles. The first kappa shape index (κ1) is 15.0. The number of aryl methyl sites for hydroxylation is 2. The van der Waals surface area contributed by atoms with Crippen molar-refractivity contribution < 1.29 is 8.91 Å². The highest BCUT2D eigenvalue weighted by Crippen LogP contribution is 2.17. The Bertz CT molecular complexity index is 818. The van der Waals surface area contributed by atoms with E-state index in [9.17, 15) is 4.39 Å². The van der Waals surface area contributed by atoms with Crippen LogP contribution in [-0.4, -0.2) is 15.1 Å². The Labute approximate surface area is 132 Å². The average Bonchev–Trinajstić information content (AvgIpc) is 2.91. The van der Waals surface area contributed by atoms with Crippen LogP contribution in [0.1, 0.15) is 17.0 Å². The molecule has 0 unspecified atom stereocenters. The second-order valence-corrected chi connectivity index (χ2v) is 5.11. The third kappa shape index (κ3) is 3.82. The standard InChI is InChI=1S/C16H16FN5O/c1-10-7-14(20-15-8-11(2)23-22-15)21-16(19-10)18-9-12-5-3-4-6-13(12)17/h3-8H,9H2,1-2H3,(H2,18,19,20,21,22). The summed E-state index contributed by atoms with van der Waals surface area (Å²) in [6.45, 7) is 3.97. The van der Waals surface area contributed by atoms with E-state index >= 15 is 0 Å². The van der Waals surface area contributed by atoms with E-state index in [4.69, 9.17) is 4.52 Å². The zero-order valence-corrected chi connectivity index (χ0v) is 12.8. The van der Waals surface area contributed by atoms with Crippen molar-refractivity contribution in [3.8, 4) is 0 Å². The fourth-order valence-electron chi connectivity index (χ4n) is 2.08. The Balaban J connectivity index is 1.74. The topological polar surface area (TPSA) is 75.9 Å². The number of anilines is 3. The van der Waals surface area contributed by atoms with Gasteiger partial charge >= 0.3 is 0 Å². The molecule has 0 aliphatic rings. The molecule has 0 aliphatic heterocycles. The largest absolute Gasteiger partial charge is 0.360 e. The molecule has 1 aromatic carbocycles. The molecule has 0 bridgehead atoms. The highest BCUT2D eigenvalue weighted by Gasteiger charge is 2.06. The van der Waals surface area contributed by atoms with Crippen molar-refractivity contribution in [2.75, 3.05) is 10.6 Å². The van der Waals surface area contributed by atoms with Gasteiger partial charge in [0.2, 0.25) is 5.95 Å². The molecule has 2 N–H and O–H groups in total. The maximum Gasteiger partial charge on any atom is 0.225 e. The minimum Gasteiger partial charge on any atom is -0.360 e. The highest BCUT2D eigenvalue weighted by molar-refractivity contribution is 5.53. The summed E-state index contributed by atoms with van der Waals surface area (Å²) < 4.78 is 18.6. The summed E-state index contributed by atoms with van der Waals surface area (Å²) in [6, 6.07) is 10.1. The summed E-state index contributed by atoms with van der Waals surface area (Å²) >= 11 is 0. The van der Waals surface area contributed by atoms with E-state index in [2.05, 4.69) is 25.8 Å². The van der Waals surface area contributed by atoms with Gasteiger partial charge in [0, 0.05) is 29.9 Å². The van der Waals surface area contributed by atoms with E-state index < -0.39 is 0 Å². The lowest BCUT2D eigenvalue weighted by atomic mass is 10.2. The molecule has 23 heavy (non-hydrogen) atoms. The molecular weight excluding hydrogens is 297 g/mol. The van der Waals surface area contributed by atoms with Gasteiger partial charge in [0.25, 0.3) is 0 Å². The number of nitrogens with one attached hydrogen (secondary N) is 2. The molecule has 6 nitrogen and oxygen atoms in total. The van der Waals surface area contributed by atoms with Crippen molar-refractivity contribution >= 4 is 17.6 Å². The maximum atomic E-state index is 13.6. The molecule has 0 saturated carbocycles. The van der Waals surface area contributed by atoms with Crippen LogP contribution in [0.2, 0.25) is 0 Å². The number of rotatable bonds is 5. The zero-order chi connectivity index (χ0) is 16.2. The molecule has 0 radical (unpaired) electrons. The molecule has 0 saturated heterocycles. The van der Waals surface area contributed by atoms with Gasteiger partial charge in [-0.15, -0.1) is 0 Å². The number of hydrogen-bond donors (Lipinski definition) is 2. The Morgan fingerprint density at radius 2 is 1.91 bits per heavy atom. The second kappa shape index (κ2) is 6.43. The first-order valence-corrected chi connectivity index (χ1v) is 7.13. The van der Waals surface area contributed by atoms with Gasteiger partial charge in [0.15, 0.2) is 5.82 Å². The van der Waals surface area contributed by atoms with Crippen LogP contribution in [0, 0.1) is 19.7 Å². The van der Waals surface area contributed by atoms with Gasteiger partial charge < -0.3 is 15.2 Å². The second-order valence-electron chi connectivity index (χ2n) is 5.11. The summed E-state index contributed by atoms with van der Waals surface area (Å²) in [5, 5.41) is 9.93. The van der Waals surface area contributed by atoms with Gasteiger partial charge in [-0.05, 0) is 19.9 Å². The van der Waals surface area contributed by atoms with Gasteiger partial charge in [-0.25, -0.2) is 9.37 Å². The van der Waals surface area contributed by atoms with E-state index in [1.165, 1.54) is 6.07 Å². The van der Waals surface area contributed by atoms with Gasteiger partial charge in [0.1, 0.15) is 17.4 Å². The van der Waals surface area contributed by atoms with Crippen LogP contribution in [0.5, 0.6) is 0 Å². The van der Waals surface area contributed by atoms with Crippen molar-refractivity contribution in [1.29, 1.82) is 0 Å². The summed E-state index contributed by atoms with van der Waals surface area (Å²) in [6.07, 6.45) is 0. The SMILES string of the molecule is Cc1cc(Nc2cc(C)on2)nc(NCc2ccccc2F)n1. The van der Waals surface area contributed by atoms with Crippen molar-refractivity contribution in [1.82, 2.24) is 15.1 Å². The molecule has 0 amide bonds. The van der Waals surface area contributed by atoms with Crippen molar-refractivity contribution in [3.05, 3.63) is 59.2 Å². The molecule has 118 valence electrons. The number of benzene rings is 1. The van der Waals surface area contributed by atoms with E-state index in [0.717, 1.165) is 5.69 Å². The Morgan fingerprint density at radius 1 is 1.09 bits per heavy atom. The number of nitrogens with zero attached hydrogens (tertiary/aromatic N) is 3. The average molecular weight is 313 g/mol. The van der Waals surface area contributed by atoms with Crippen LogP contribution in [-0.2, 0) is 6.54 Å². The highest BCUT2D eigenvalue weighted by atomic mass is 19.1. The van der Waals surface area contributed by atoms with Crippen molar-refractivity contribution in [2.24, 2.45) is 0 Å². The molecule has 0 atom stereocenters. The lowest BCUT2D eigenvalue weighted by molar-refractivity contribution is 0.400. The van der Waals surface area contributed by atoms with Gasteiger partial charge in [-0.3, -0.25) is 0 Å². The van der Waals surface area contributed by atoms with Crippen molar-refractivity contribution in [2.45, 2.75) is 20.4 Å². The minimum absolute atomic E-state index is 0.260. The minimum atomic E-state index is -0.260. The Hall–Kier alpha value is -2.96. The lowest BCUT2D eigenvalue weighted by Gasteiger charge is -2.09. The van der Waals surface area contributed by atoms with Crippen LogP contribution in [0.3, 0.4) is 0 Å². The third-order valence-electron chi connectivity index (χ3n) is 3.13. The third-order valence-corrected chi connectivity index (χ3v) is 3.13. The van der Waals surface area contributed by atoms with E-state index in [1.807, 2.05) is 13.8 Å². The Morgan fingerprint density at radius 3 is 2.65 bits per heavy atom. The normalized spacial score (nSPS) is 10.6. The molecule has 0 aliphatic carbocycles. The van der Waals surface area contributed by atoms with E-state index in [0.29, 0.717) is 35.5 Å².